The van der Waals surface area contributed by atoms with Crippen LogP contribution in [-0.4, -0.2) is 11.5 Å². The lowest BCUT2D eigenvalue weighted by Gasteiger charge is -2.02. The van der Waals surface area contributed by atoms with Gasteiger partial charge in [-0.05, 0) is 37.2 Å². The zero-order chi connectivity index (χ0) is 10.8. The van der Waals surface area contributed by atoms with Crippen molar-refractivity contribution in [1.82, 2.24) is 4.98 Å². The van der Waals surface area contributed by atoms with Gasteiger partial charge in [0.15, 0.2) is 0 Å². The Morgan fingerprint density at radius 2 is 2.20 bits per heavy atom. The highest BCUT2D eigenvalue weighted by atomic mass is 35.5. The Morgan fingerprint density at radius 3 is 2.93 bits per heavy atom. The number of hydrogen-bond donors (Lipinski definition) is 2. The highest BCUT2D eigenvalue weighted by molar-refractivity contribution is 6.31. The fourth-order valence-electron chi connectivity index (χ4n) is 1.60. The fourth-order valence-corrected chi connectivity index (χ4v) is 1.78. The van der Waals surface area contributed by atoms with Crippen molar-refractivity contribution in [2.45, 2.75) is 12.6 Å². The number of rotatable bonds is 3. The van der Waals surface area contributed by atoms with Crippen molar-refractivity contribution >= 4 is 22.5 Å². The molecule has 0 amide bonds. The second-order valence-corrected chi connectivity index (χ2v) is 3.94. The molecule has 0 aliphatic heterocycles. The Bertz CT molecular complexity index is 467. The number of H-pyrrole nitrogens is 1. The molecule has 0 aliphatic carbocycles. The van der Waals surface area contributed by atoms with Crippen LogP contribution in [0.5, 0.6) is 0 Å². The van der Waals surface area contributed by atoms with Crippen LogP contribution >= 0.6 is 11.6 Å². The minimum absolute atomic E-state index is 0.334. The molecule has 3 N–H and O–H groups in total. The van der Waals surface area contributed by atoms with E-state index in [1.54, 1.807) is 12.1 Å². The maximum Gasteiger partial charge on any atom is 0.141 e. The fraction of sp³-hybridized carbons (Fsp3) is 0.273. The second-order valence-electron chi connectivity index (χ2n) is 3.50. The van der Waals surface area contributed by atoms with E-state index in [0.717, 1.165) is 10.9 Å². The molecule has 0 bridgehead atoms. The first kappa shape index (κ1) is 10.5. The maximum absolute atomic E-state index is 13.5. The summed E-state index contributed by atoms with van der Waals surface area (Å²) in [6.07, 6.45) is -0.693. The van der Waals surface area contributed by atoms with Crippen molar-refractivity contribution in [3.05, 3.63) is 35.0 Å². The molecule has 2 nitrogen and oxygen atoms in total. The second kappa shape index (κ2) is 4.21. The Morgan fingerprint density at radius 1 is 1.40 bits per heavy atom. The van der Waals surface area contributed by atoms with Crippen molar-refractivity contribution in [2.75, 3.05) is 6.54 Å². The zero-order valence-electron chi connectivity index (χ0n) is 8.13. The van der Waals surface area contributed by atoms with Gasteiger partial charge in [0, 0.05) is 15.9 Å². The molecule has 0 saturated carbocycles. The predicted octanol–water partition coefficient (Wildman–Crippen LogP) is 3.18. The third kappa shape index (κ3) is 2.13. The van der Waals surface area contributed by atoms with Gasteiger partial charge in [-0.2, -0.15) is 0 Å². The molecular weight excluding hydrogens is 215 g/mol. The highest BCUT2D eigenvalue weighted by Crippen LogP contribution is 2.26. The standard InChI is InChI=1S/C11H12ClFN2/c12-8-1-2-10-7(5-8)6-11(15-10)9(13)3-4-14/h1-2,5-6,9,15H,3-4,14H2. The van der Waals surface area contributed by atoms with E-state index >= 15 is 0 Å². The SMILES string of the molecule is NCCC(F)c1cc2cc(Cl)ccc2[nH]1. The summed E-state index contributed by atoms with van der Waals surface area (Å²) in [5.74, 6) is 0. The van der Waals surface area contributed by atoms with Gasteiger partial charge in [0.25, 0.3) is 0 Å². The summed E-state index contributed by atoms with van der Waals surface area (Å²) in [4.78, 5) is 3.02. The van der Waals surface area contributed by atoms with Gasteiger partial charge in [-0.25, -0.2) is 4.39 Å². The normalized spacial score (nSPS) is 13.3. The first-order chi connectivity index (χ1) is 7.20. The van der Waals surface area contributed by atoms with Crippen molar-refractivity contribution < 1.29 is 4.39 Å². The largest absolute Gasteiger partial charge is 0.356 e. The van der Waals surface area contributed by atoms with Crippen molar-refractivity contribution in [1.29, 1.82) is 0 Å². The topological polar surface area (TPSA) is 41.8 Å². The summed E-state index contributed by atoms with van der Waals surface area (Å²) in [5, 5.41) is 1.58. The van der Waals surface area contributed by atoms with Crippen LogP contribution in [0.1, 0.15) is 18.3 Å². The third-order valence-electron chi connectivity index (χ3n) is 2.36. The van der Waals surface area contributed by atoms with Crippen molar-refractivity contribution in [2.24, 2.45) is 5.73 Å². The van der Waals surface area contributed by atoms with Gasteiger partial charge in [0.1, 0.15) is 6.17 Å². The number of benzene rings is 1. The Labute approximate surface area is 92.2 Å². The van der Waals surface area contributed by atoms with E-state index in [1.165, 1.54) is 0 Å². The van der Waals surface area contributed by atoms with Gasteiger partial charge in [-0.3, -0.25) is 0 Å². The van der Waals surface area contributed by atoms with Crippen LogP contribution in [-0.2, 0) is 0 Å². The van der Waals surface area contributed by atoms with Gasteiger partial charge >= 0.3 is 0 Å². The molecule has 1 aromatic carbocycles. The van der Waals surface area contributed by atoms with Gasteiger partial charge in [-0.1, -0.05) is 11.6 Å². The van der Waals surface area contributed by atoms with E-state index in [9.17, 15) is 4.39 Å². The number of fused-ring (bicyclic) bond motifs is 1. The average Bonchev–Trinajstić information content (AvgIpc) is 2.60. The molecule has 2 rings (SSSR count). The van der Waals surface area contributed by atoms with E-state index in [0.29, 0.717) is 23.7 Å². The molecule has 4 heteroatoms. The van der Waals surface area contributed by atoms with Crippen LogP contribution in [0.4, 0.5) is 4.39 Å². The molecule has 0 radical (unpaired) electrons. The lowest BCUT2D eigenvalue weighted by Crippen LogP contribution is -2.03. The molecule has 80 valence electrons. The van der Waals surface area contributed by atoms with E-state index < -0.39 is 6.17 Å². The molecule has 0 aliphatic rings. The molecule has 0 saturated heterocycles. The lowest BCUT2D eigenvalue weighted by molar-refractivity contribution is 0.322. The molecule has 1 heterocycles. The first-order valence-corrected chi connectivity index (χ1v) is 5.21. The summed E-state index contributed by atoms with van der Waals surface area (Å²) in [6.45, 7) is 0.345. The number of alkyl halides is 1. The molecule has 1 aromatic heterocycles. The molecule has 1 unspecified atom stereocenters. The van der Waals surface area contributed by atoms with Crippen LogP contribution in [0.15, 0.2) is 24.3 Å². The van der Waals surface area contributed by atoms with Crippen molar-refractivity contribution in [3.63, 3.8) is 0 Å². The molecule has 0 fully saturated rings. The number of aromatic nitrogens is 1. The first-order valence-electron chi connectivity index (χ1n) is 4.83. The Balaban J connectivity index is 2.38. The molecule has 15 heavy (non-hydrogen) atoms. The number of nitrogens with one attached hydrogen (secondary N) is 1. The van der Waals surface area contributed by atoms with Gasteiger partial charge < -0.3 is 10.7 Å². The average molecular weight is 227 g/mol. The van der Waals surface area contributed by atoms with Crippen LogP contribution in [0.2, 0.25) is 5.02 Å². The van der Waals surface area contributed by atoms with E-state index in [2.05, 4.69) is 4.98 Å². The summed E-state index contributed by atoms with van der Waals surface area (Å²) in [7, 11) is 0. The number of hydrogen-bond acceptors (Lipinski definition) is 1. The minimum atomic E-state index is -1.03. The van der Waals surface area contributed by atoms with E-state index in [4.69, 9.17) is 17.3 Å². The summed E-state index contributed by atoms with van der Waals surface area (Å²) in [6, 6.07) is 7.21. The number of nitrogens with two attached hydrogens (primary N) is 1. The highest BCUT2D eigenvalue weighted by Gasteiger charge is 2.11. The number of halogens is 2. The van der Waals surface area contributed by atoms with Gasteiger partial charge in [-0.15, -0.1) is 0 Å². The quantitative estimate of drug-likeness (QED) is 0.829. The van der Waals surface area contributed by atoms with Crippen LogP contribution in [0, 0.1) is 0 Å². The lowest BCUT2D eigenvalue weighted by atomic mass is 10.2. The Hall–Kier alpha value is -1.06. The summed E-state index contributed by atoms with van der Waals surface area (Å²) in [5.41, 5.74) is 6.77. The molecule has 1 atom stereocenters. The monoisotopic (exact) mass is 226 g/mol. The molecule has 2 aromatic rings. The Kier molecular flexibility index (Phi) is 2.93. The van der Waals surface area contributed by atoms with Crippen molar-refractivity contribution in [3.8, 4) is 0 Å². The van der Waals surface area contributed by atoms with Crippen LogP contribution in [0.3, 0.4) is 0 Å². The zero-order valence-corrected chi connectivity index (χ0v) is 8.89. The summed E-state index contributed by atoms with van der Waals surface area (Å²) < 4.78 is 13.5. The number of aromatic amines is 1. The molecular formula is C11H12ClFN2. The van der Waals surface area contributed by atoms with Crippen LogP contribution < -0.4 is 5.73 Å². The van der Waals surface area contributed by atoms with Crippen LogP contribution in [0.25, 0.3) is 10.9 Å². The third-order valence-corrected chi connectivity index (χ3v) is 2.60. The molecule has 0 spiro atoms. The van der Waals surface area contributed by atoms with E-state index in [1.807, 2.05) is 12.1 Å². The smallest absolute Gasteiger partial charge is 0.141 e. The maximum atomic E-state index is 13.5. The van der Waals surface area contributed by atoms with Gasteiger partial charge in [0.2, 0.25) is 0 Å². The summed E-state index contributed by atoms with van der Waals surface area (Å²) >= 11 is 5.84. The minimum Gasteiger partial charge on any atom is -0.356 e. The predicted molar refractivity (Wildman–Crippen MR) is 60.8 cm³/mol. The van der Waals surface area contributed by atoms with E-state index in [-0.39, 0.29) is 0 Å². The van der Waals surface area contributed by atoms with Gasteiger partial charge in [0.05, 0.1) is 5.69 Å².